The van der Waals surface area contributed by atoms with Crippen molar-refractivity contribution in [3.63, 3.8) is 0 Å². The van der Waals surface area contributed by atoms with Crippen molar-refractivity contribution in [1.29, 1.82) is 0 Å². The van der Waals surface area contributed by atoms with Gasteiger partial charge < -0.3 is 20.5 Å². The maximum Gasteiger partial charge on any atom is 0.227 e. The number of hydrogen-bond acceptors (Lipinski definition) is 4. The van der Waals surface area contributed by atoms with Crippen molar-refractivity contribution < 1.29 is 14.3 Å². The van der Waals surface area contributed by atoms with Crippen molar-refractivity contribution in [2.45, 2.75) is 6.42 Å². The van der Waals surface area contributed by atoms with Gasteiger partial charge >= 0.3 is 0 Å². The summed E-state index contributed by atoms with van der Waals surface area (Å²) in [6.45, 7) is 0.274. The van der Waals surface area contributed by atoms with Crippen molar-refractivity contribution in [2.24, 2.45) is 0 Å². The number of hydrogen-bond donors (Lipinski definition) is 2. The van der Waals surface area contributed by atoms with Gasteiger partial charge in [-0.1, -0.05) is 12.1 Å². The molecular formula is C16H18N2O3. The number of nitrogens with two attached hydrogens (primary N) is 1. The van der Waals surface area contributed by atoms with Crippen molar-refractivity contribution >= 4 is 17.3 Å². The molecule has 0 bridgehead atoms. The second-order valence-electron chi connectivity index (χ2n) is 4.41. The monoisotopic (exact) mass is 286 g/mol. The zero-order valence-electron chi connectivity index (χ0n) is 11.8. The molecule has 1 amide bonds. The summed E-state index contributed by atoms with van der Waals surface area (Å²) < 4.78 is 10.5. The number of carbonyl (C=O) groups excluding carboxylic acids is 1. The largest absolute Gasteiger partial charge is 0.497 e. The van der Waals surface area contributed by atoms with Crippen LogP contribution in [0.15, 0.2) is 48.5 Å². The van der Waals surface area contributed by atoms with E-state index in [9.17, 15) is 4.79 Å². The maximum absolute atomic E-state index is 11.8. The molecule has 0 saturated heterocycles. The first-order chi connectivity index (χ1) is 10.2. The lowest BCUT2D eigenvalue weighted by Gasteiger charge is -2.09. The van der Waals surface area contributed by atoms with Crippen LogP contribution < -0.4 is 20.5 Å². The highest BCUT2D eigenvalue weighted by Crippen LogP contribution is 2.20. The van der Waals surface area contributed by atoms with Crippen LogP contribution in [0, 0.1) is 0 Å². The molecular weight excluding hydrogens is 268 g/mol. The van der Waals surface area contributed by atoms with Crippen LogP contribution in [-0.4, -0.2) is 19.6 Å². The molecule has 5 heteroatoms. The summed E-state index contributed by atoms with van der Waals surface area (Å²) in [4.78, 5) is 11.8. The maximum atomic E-state index is 11.8. The normalized spacial score (nSPS) is 9.95. The molecule has 0 aromatic heterocycles. The number of rotatable bonds is 6. The number of ether oxygens (including phenoxy) is 2. The molecule has 0 saturated carbocycles. The van der Waals surface area contributed by atoms with E-state index in [-0.39, 0.29) is 18.9 Å². The van der Waals surface area contributed by atoms with Crippen molar-refractivity contribution in [3.05, 3.63) is 48.5 Å². The third-order valence-electron chi connectivity index (χ3n) is 2.88. The van der Waals surface area contributed by atoms with Crippen LogP contribution in [0.1, 0.15) is 6.42 Å². The van der Waals surface area contributed by atoms with Gasteiger partial charge in [-0.2, -0.15) is 0 Å². The van der Waals surface area contributed by atoms with Gasteiger partial charge in [-0.15, -0.1) is 0 Å². The molecule has 0 atom stereocenters. The Morgan fingerprint density at radius 3 is 2.52 bits per heavy atom. The minimum atomic E-state index is -0.116. The van der Waals surface area contributed by atoms with Crippen molar-refractivity contribution in [3.8, 4) is 11.5 Å². The molecule has 0 spiro atoms. The van der Waals surface area contributed by atoms with Gasteiger partial charge in [-0.3, -0.25) is 4.79 Å². The average molecular weight is 286 g/mol. The Morgan fingerprint density at radius 2 is 1.86 bits per heavy atom. The van der Waals surface area contributed by atoms with Gasteiger partial charge in [-0.25, -0.2) is 0 Å². The van der Waals surface area contributed by atoms with Crippen LogP contribution >= 0.6 is 0 Å². The summed E-state index contributed by atoms with van der Waals surface area (Å²) in [5.74, 6) is 1.22. The molecule has 0 unspecified atom stereocenters. The number of para-hydroxylation sites is 2. The number of anilines is 2. The third kappa shape index (κ3) is 4.42. The Kier molecular flexibility index (Phi) is 5.04. The highest BCUT2D eigenvalue weighted by atomic mass is 16.5. The van der Waals surface area contributed by atoms with Gasteiger partial charge in [0.05, 0.1) is 25.8 Å². The van der Waals surface area contributed by atoms with E-state index in [1.54, 1.807) is 43.5 Å². The minimum Gasteiger partial charge on any atom is -0.497 e. The van der Waals surface area contributed by atoms with Crippen LogP contribution in [0.2, 0.25) is 0 Å². The fourth-order valence-electron chi connectivity index (χ4n) is 1.76. The number of methoxy groups -OCH3 is 1. The number of nitrogens with one attached hydrogen (secondary N) is 1. The third-order valence-corrected chi connectivity index (χ3v) is 2.88. The SMILES string of the molecule is COc1ccc(NC(=O)CCOc2ccccc2N)cc1. The number of benzene rings is 2. The highest BCUT2D eigenvalue weighted by Gasteiger charge is 2.04. The first-order valence-electron chi connectivity index (χ1n) is 6.60. The Balaban J connectivity index is 1.78. The summed E-state index contributed by atoms with van der Waals surface area (Å²) >= 11 is 0. The van der Waals surface area contributed by atoms with E-state index in [1.165, 1.54) is 0 Å². The second kappa shape index (κ2) is 7.19. The summed E-state index contributed by atoms with van der Waals surface area (Å²) in [5, 5.41) is 2.79. The molecule has 5 nitrogen and oxygen atoms in total. The first kappa shape index (κ1) is 14.7. The van der Waals surface area contributed by atoms with Gasteiger partial charge in [0.15, 0.2) is 0 Å². The van der Waals surface area contributed by atoms with Gasteiger partial charge in [0, 0.05) is 5.69 Å². The molecule has 3 N–H and O–H groups in total. The van der Waals surface area contributed by atoms with E-state index in [2.05, 4.69) is 5.32 Å². The van der Waals surface area contributed by atoms with E-state index in [1.807, 2.05) is 12.1 Å². The molecule has 21 heavy (non-hydrogen) atoms. The number of amides is 1. The Morgan fingerprint density at radius 1 is 1.14 bits per heavy atom. The molecule has 0 aliphatic rings. The van der Waals surface area contributed by atoms with Crippen LogP contribution in [-0.2, 0) is 4.79 Å². The molecule has 0 fully saturated rings. The van der Waals surface area contributed by atoms with Crippen LogP contribution in [0.3, 0.4) is 0 Å². The lowest BCUT2D eigenvalue weighted by atomic mass is 10.3. The predicted molar refractivity (Wildman–Crippen MR) is 82.6 cm³/mol. The molecule has 0 radical (unpaired) electrons. The van der Waals surface area contributed by atoms with Gasteiger partial charge in [-0.05, 0) is 36.4 Å². The zero-order valence-corrected chi connectivity index (χ0v) is 11.8. The lowest BCUT2D eigenvalue weighted by molar-refractivity contribution is -0.116. The van der Waals surface area contributed by atoms with Gasteiger partial charge in [0.25, 0.3) is 0 Å². The van der Waals surface area contributed by atoms with E-state index >= 15 is 0 Å². The van der Waals surface area contributed by atoms with Gasteiger partial charge in [0.2, 0.25) is 5.91 Å². The molecule has 0 aliphatic heterocycles. The van der Waals surface area contributed by atoms with E-state index in [0.717, 1.165) is 11.4 Å². The Bertz CT molecular complexity index is 597. The molecule has 0 aliphatic carbocycles. The average Bonchev–Trinajstić information content (AvgIpc) is 2.50. The van der Waals surface area contributed by atoms with E-state index in [4.69, 9.17) is 15.2 Å². The fraction of sp³-hybridized carbons (Fsp3) is 0.188. The topological polar surface area (TPSA) is 73.6 Å². The fourth-order valence-corrected chi connectivity index (χ4v) is 1.76. The van der Waals surface area contributed by atoms with Crippen molar-refractivity contribution in [1.82, 2.24) is 0 Å². The smallest absolute Gasteiger partial charge is 0.227 e. The second-order valence-corrected chi connectivity index (χ2v) is 4.41. The van der Waals surface area contributed by atoms with Crippen LogP contribution in [0.5, 0.6) is 11.5 Å². The standard InChI is InChI=1S/C16H18N2O3/c1-20-13-8-6-12(7-9-13)18-16(19)10-11-21-15-5-3-2-4-14(15)17/h2-9H,10-11,17H2,1H3,(H,18,19). The molecule has 110 valence electrons. The van der Waals surface area contributed by atoms with E-state index in [0.29, 0.717) is 11.4 Å². The minimum absolute atomic E-state index is 0.116. The van der Waals surface area contributed by atoms with Crippen molar-refractivity contribution in [2.75, 3.05) is 24.8 Å². The molecule has 0 heterocycles. The quantitative estimate of drug-likeness (QED) is 0.801. The highest BCUT2D eigenvalue weighted by molar-refractivity contribution is 5.90. The van der Waals surface area contributed by atoms with E-state index < -0.39 is 0 Å². The summed E-state index contributed by atoms with van der Waals surface area (Å²) in [7, 11) is 1.60. The lowest BCUT2D eigenvalue weighted by Crippen LogP contribution is -2.15. The Hall–Kier alpha value is -2.69. The molecule has 2 aromatic carbocycles. The first-order valence-corrected chi connectivity index (χ1v) is 6.60. The molecule has 2 rings (SSSR count). The summed E-state index contributed by atoms with van der Waals surface area (Å²) in [5.41, 5.74) is 7.04. The summed E-state index contributed by atoms with van der Waals surface area (Å²) in [6.07, 6.45) is 0.250. The summed E-state index contributed by atoms with van der Waals surface area (Å²) in [6, 6.07) is 14.3. The van der Waals surface area contributed by atoms with Crippen LogP contribution in [0.4, 0.5) is 11.4 Å². The number of nitrogen functional groups attached to an aromatic ring is 1. The number of carbonyl (C=O) groups is 1. The zero-order chi connectivity index (χ0) is 15.1. The Labute approximate surface area is 123 Å². The molecule has 2 aromatic rings. The van der Waals surface area contributed by atoms with Crippen LogP contribution in [0.25, 0.3) is 0 Å². The van der Waals surface area contributed by atoms with Gasteiger partial charge in [0.1, 0.15) is 11.5 Å². The predicted octanol–water partition coefficient (Wildman–Crippen LogP) is 2.68.